The lowest BCUT2D eigenvalue weighted by Crippen LogP contribution is -2.46. The smallest absolute Gasteiger partial charge is 0.246 e. The monoisotopic (exact) mass is 232 g/mol. The van der Waals surface area contributed by atoms with Crippen molar-refractivity contribution in [1.82, 2.24) is 5.32 Å². The summed E-state index contributed by atoms with van der Waals surface area (Å²) < 4.78 is 0. The van der Waals surface area contributed by atoms with Gasteiger partial charge in [0.15, 0.2) is 0 Å². The molecule has 0 radical (unpaired) electrons. The first-order chi connectivity index (χ1) is 8.00. The standard InChI is InChI=1S/C13H16N2O2/c1-9(2)13(17)15-11(12(14)16)8-10-6-4-3-5-7-10/h3-7,11H,1,8H2,2H3,(H2,14,16)(H,15,17)/t11-/m0/s1. The summed E-state index contributed by atoms with van der Waals surface area (Å²) in [5.74, 6) is -0.909. The van der Waals surface area contributed by atoms with Crippen LogP contribution in [0.5, 0.6) is 0 Å². The van der Waals surface area contributed by atoms with Crippen molar-refractivity contribution in [2.75, 3.05) is 0 Å². The van der Waals surface area contributed by atoms with Crippen LogP contribution in [0.15, 0.2) is 42.5 Å². The van der Waals surface area contributed by atoms with Gasteiger partial charge in [0, 0.05) is 12.0 Å². The fraction of sp³-hybridized carbons (Fsp3) is 0.231. The van der Waals surface area contributed by atoms with Crippen molar-refractivity contribution >= 4 is 11.8 Å². The van der Waals surface area contributed by atoms with Crippen molar-refractivity contribution in [2.45, 2.75) is 19.4 Å². The minimum Gasteiger partial charge on any atom is -0.368 e. The molecule has 4 heteroatoms. The van der Waals surface area contributed by atoms with Crippen molar-refractivity contribution in [1.29, 1.82) is 0 Å². The highest BCUT2D eigenvalue weighted by Crippen LogP contribution is 2.03. The molecule has 1 aromatic rings. The van der Waals surface area contributed by atoms with Gasteiger partial charge in [-0.1, -0.05) is 36.9 Å². The fourth-order valence-electron chi connectivity index (χ4n) is 1.35. The Balaban J connectivity index is 2.71. The van der Waals surface area contributed by atoms with Gasteiger partial charge in [0.05, 0.1) is 0 Å². The molecule has 0 aliphatic carbocycles. The molecule has 0 saturated heterocycles. The van der Waals surface area contributed by atoms with Gasteiger partial charge in [-0.05, 0) is 12.5 Å². The van der Waals surface area contributed by atoms with Gasteiger partial charge in [0.1, 0.15) is 6.04 Å². The number of hydrogen-bond donors (Lipinski definition) is 2. The van der Waals surface area contributed by atoms with Crippen molar-refractivity contribution < 1.29 is 9.59 Å². The highest BCUT2D eigenvalue weighted by atomic mass is 16.2. The predicted octanol–water partition coefficient (Wildman–Crippen LogP) is 0.775. The van der Waals surface area contributed by atoms with E-state index in [9.17, 15) is 9.59 Å². The summed E-state index contributed by atoms with van der Waals surface area (Å²) in [6, 6.07) is 8.67. The van der Waals surface area contributed by atoms with Crippen LogP contribution in [0.25, 0.3) is 0 Å². The normalized spacial score (nSPS) is 11.6. The van der Waals surface area contributed by atoms with E-state index in [4.69, 9.17) is 5.73 Å². The molecule has 1 aromatic carbocycles. The third-order valence-corrected chi connectivity index (χ3v) is 2.32. The first-order valence-electron chi connectivity index (χ1n) is 5.30. The molecule has 0 saturated carbocycles. The number of nitrogens with two attached hydrogens (primary N) is 1. The van der Waals surface area contributed by atoms with Crippen LogP contribution in [0, 0.1) is 0 Å². The van der Waals surface area contributed by atoms with E-state index in [-0.39, 0.29) is 5.91 Å². The SMILES string of the molecule is C=C(C)C(=O)N[C@@H](Cc1ccccc1)C(N)=O. The van der Waals surface area contributed by atoms with Gasteiger partial charge in [-0.25, -0.2) is 0 Å². The summed E-state index contributed by atoms with van der Waals surface area (Å²) in [4.78, 5) is 22.7. The van der Waals surface area contributed by atoms with Crippen LogP contribution in [-0.2, 0) is 16.0 Å². The second kappa shape index (κ2) is 5.84. The van der Waals surface area contributed by atoms with Gasteiger partial charge in [-0.3, -0.25) is 9.59 Å². The first kappa shape index (κ1) is 13.0. The molecule has 0 aromatic heterocycles. The molecule has 0 aliphatic heterocycles. The summed E-state index contributed by atoms with van der Waals surface area (Å²) in [7, 11) is 0. The van der Waals surface area contributed by atoms with Crippen molar-refractivity contribution in [2.24, 2.45) is 5.73 Å². The Morgan fingerprint density at radius 2 is 1.94 bits per heavy atom. The number of amides is 2. The molecule has 0 bridgehead atoms. The van der Waals surface area contributed by atoms with Gasteiger partial charge in [-0.2, -0.15) is 0 Å². The van der Waals surface area contributed by atoms with Crippen molar-refractivity contribution in [3.8, 4) is 0 Å². The largest absolute Gasteiger partial charge is 0.368 e. The fourth-order valence-corrected chi connectivity index (χ4v) is 1.35. The highest BCUT2D eigenvalue weighted by Gasteiger charge is 2.18. The maximum absolute atomic E-state index is 11.4. The highest BCUT2D eigenvalue weighted by molar-refractivity contribution is 5.95. The topological polar surface area (TPSA) is 72.2 Å². The van der Waals surface area contributed by atoms with Crippen LogP contribution in [0.2, 0.25) is 0 Å². The molecule has 3 N–H and O–H groups in total. The molecular formula is C13H16N2O2. The van der Waals surface area contributed by atoms with Crippen LogP contribution < -0.4 is 11.1 Å². The quantitative estimate of drug-likeness (QED) is 0.736. The van der Waals surface area contributed by atoms with Crippen LogP contribution in [0.4, 0.5) is 0 Å². The zero-order chi connectivity index (χ0) is 12.8. The average molecular weight is 232 g/mol. The maximum Gasteiger partial charge on any atom is 0.246 e. The minimum atomic E-state index is -0.707. The lowest BCUT2D eigenvalue weighted by atomic mass is 10.1. The van der Waals surface area contributed by atoms with E-state index < -0.39 is 11.9 Å². The van der Waals surface area contributed by atoms with E-state index in [0.29, 0.717) is 12.0 Å². The molecule has 17 heavy (non-hydrogen) atoms. The van der Waals surface area contributed by atoms with Crippen LogP contribution in [0.3, 0.4) is 0 Å². The van der Waals surface area contributed by atoms with Gasteiger partial charge in [0.25, 0.3) is 0 Å². The summed E-state index contributed by atoms with van der Waals surface area (Å²) in [5.41, 5.74) is 6.54. The number of hydrogen-bond acceptors (Lipinski definition) is 2. The maximum atomic E-state index is 11.4. The van der Waals surface area contributed by atoms with Gasteiger partial charge >= 0.3 is 0 Å². The second-order valence-electron chi connectivity index (χ2n) is 3.90. The van der Waals surface area contributed by atoms with Crippen molar-refractivity contribution in [3.05, 3.63) is 48.0 Å². The number of rotatable bonds is 5. The third kappa shape index (κ3) is 4.10. The number of benzene rings is 1. The number of primary amides is 1. The first-order valence-corrected chi connectivity index (χ1v) is 5.30. The Hall–Kier alpha value is -2.10. The van der Waals surface area contributed by atoms with E-state index in [2.05, 4.69) is 11.9 Å². The molecule has 0 aliphatic rings. The molecular weight excluding hydrogens is 216 g/mol. The number of nitrogens with one attached hydrogen (secondary N) is 1. The van der Waals surface area contributed by atoms with E-state index in [1.807, 2.05) is 30.3 Å². The molecule has 0 spiro atoms. The van der Waals surface area contributed by atoms with E-state index >= 15 is 0 Å². The molecule has 0 heterocycles. The van der Waals surface area contributed by atoms with Crippen LogP contribution in [0.1, 0.15) is 12.5 Å². The lowest BCUT2D eigenvalue weighted by Gasteiger charge is -2.15. The zero-order valence-electron chi connectivity index (χ0n) is 9.77. The van der Waals surface area contributed by atoms with Gasteiger partial charge in [0.2, 0.25) is 11.8 Å². The molecule has 0 unspecified atom stereocenters. The summed E-state index contributed by atoms with van der Waals surface area (Å²) in [6.45, 7) is 5.09. The number of carbonyl (C=O) groups is 2. The number of carbonyl (C=O) groups excluding carboxylic acids is 2. The van der Waals surface area contributed by atoms with Gasteiger partial charge in [-0.15, -0.1) is 0 Å². The Morgan fingerprint density at radius 3 is 2.41 bits per heavy atom. The third-order valence-electron chi connectivity index (χ3n) is 2.32. The average Bonchev–Trinajstić information content (AvgIpc) is 2.29. The molecule has 90 valence electrons. The molecule has 4 nitrogen and oxygen atoms in total. The Bertz CT molecular complexity index is 426. The predicted molar refractivity (Wildman–Crippen MR) is 66.1 cm³/mol. The summed E-state index contributed by atoms with van der Waals surface area (Å²) in [6.07, 6.45) is 0.384. The van der Waals surface area contributed by atoms with E-state index in [0.717, 1.165) is 5.56 Å². The molecule has 1 rings (SSSR count). The zero-order valence-corrected chi connectivity index (χ0v) is 9.77. The second-order valence-corrected chi connectivity index (χ2v) is 3.90. The van der Waals surface area contributed by atoms with Gasteiger partial charge < -0.3 is 11.1 Å². The van der Waals surface area contributed by atoms with Crippen LogP contribution in [-0.4, -0.2) is 17.9 Å². The minimum absolute atomic E-state index is 0.351. The summed E-state index contributed by atoms with van der Waals surface area (Å²) >= 11 is 0. The molecule has 2 amide bonds. The Kier molecular flexibility index (Phi) is 4.46. The van der Waals surface area contributed by atoms with Crippen molar-refractivity contribution in [3.63, 3.8) is 0 Å². The molecule has 0 fully saturated rings. The summed E-state index contributed by atoms with van der Waals surface area (Å²) in [5, 5.41) is 2.55. The molecule has 1 atom stereocenters. The Morgan fingerprint density at radius 1 is 1.35 bits per heavy atom. The van der Waals surface area contributed by atoms with E-state index in [1.165, 1.54) is 0 Å². The van der Waals surface area contributed by atoms with Crippen LogP contribution >= 0.6 is 0 Å². The Labute approximate surface area is 101 Å². The lowest BCUT2D eigenvalue weighted by molar-refractivity contribution is -0.125. The van der Waals surface area contributed by atoms with E-state index in [1.54, 1.807) is 6.92 Å².